The van der Waals surface area contributed by atoms with E-state index in [1.807, 2.05) is 0 Å². The summed E-state index contributed by atoms with van der Waals surface area (Å²) >= 11 is 0. The van der Waals surface area contributed by atoms with E-state index < -0.39 is 0 Å². The minimum absolute atomic E-state index is 0.162. The Morgan fingerprint density at radius 1 is 1.27 bits per heavy atom. The largest absolute Gasteiger partial charge is 0.451 e. The van der Waals surface area contributed by atoms with Crippen LogP contribution >= 0.6 is 0 Å². The number of hydrogen-bond donors (Lipinski definition) is 3. The molecule has 1 atom stereocenters. The van der Waals surface area contributed by atoms with E-state index in [1.54, 1.807) is 18.2 Å². The van der Waals surface area contributed by atoms with Crippen molar-refractivity contribution in [2.75, 3.05) is 0 Å². The number of carbonyl (C=O) groups excluding carboxylic acids is 1. The van der Waals surface area contributed by atoms with Crippen molar-refractivity contribution >= 4 is 11.5 Å². The molecule has 1 amide bonds. The third kappa shape index (κ3) is 3.93. The molecule has 0 bridgehead atoms. The Morgan fingerprint density at radius 3 is 2.59 bits per heavy atom. The second-order valence-corrected chi connectivity index (χ2v) is 5.81. The van der Waals surface area contributed by atoms with E-state index in [0.717, 1.165) is 0 Å². The monoisotopic (exact) mass is 303 g/mol. The summed E-state index contributed by atoms with van der Waals surface area (Å²) < 4.78 is 5.57. The van der Waals surface area contributed by atoms with E-state index >= 15 is 0 Å². The maximum absolute atomic E-state index is 12.3. The highest BCUT2D eigenvalue weighted by atomic mass is 16.3. The third-order valence-electron chi connectivity index (χ3n) is 4.29. The first-order valence-corrected chi connectivity index (χ1v) is 7.87. The lowest BCUT2D eigenvalue weighted by Crippen LogP contribution is -2.38. The van der Waals surface area contributed by atoms with Crippen LogP contribution in [0, 0.1) is 5.92 Å². The van der Waals surface area contributed by atoms with E-state index in [1.165, 1.54) is 44.5 Å². The number of rotatable bonds is 5. The molecule has 5 heteroatoms. The van der Waals surface area contributed by atoms with Crippen molar-refractivity contribution in [1.29, 1.82) is 0 Å². The molecule has 0 saturated heterocycles. The molecular weight excluding hydrogens is 278 g/mol. The van der Waals surface area contributed by atoms with Crippen LogP contribution in [0.25, 0.3) is 5.57 Å². The fourth-order valence-corrected chi connectivity index (χ4v) is 2.97. The molecule has 0 aliphatic heterocycles. The van der Waals surface area contributed by atoms with Crippen LogP contribution in [0.5, 0.6) is 0 Å². The van der Waals surface area contributed by atoms with Crippen molar-refractivity contribution in [3.05, 3.63) is 42.1 Å². The van der Waals surface area contributed by atoms with Gasteiger partial charge >= 0.3 is 0 Å². The first kappa shape index (κ1) is 16.2. The zero-order valence-electron chi connectivity index (χ0n) is 13.0. The fourth-order valence-electron chi connectivity index (χ4n) is 2.97. The zero-order valence-corrected chi connectivity index (χ0v) is 13.0. The minimum atomic E-state index is -0.183. The van der Waals surface area contributed by atoms with E-state index in [0.29, 0.717) is 23.0 Å². The summed E-state index contributed by atoms with van der Waals surface area (Å²) in [6.07, 6.45) is 10.6. The molecule has 22 heavy (non-hydrogen) atoms. The molecule has 1 aromatic rings. The average Bonchev–Trinajstić information content (AvgIpc) is 3.03. The summed E-state index contributed by atoms with van der Waals surface area (Å²) in [5.74, 6) is 1.20. The first-order chi connectivity index (χ1) is 10.7. The molecule has 5 N–H and O–H groups in total. The summed E-state index contributed by atoms with van der Waals surface area (Å²) in [7, 11) is 0. The number of hydrogen-bond acceptors (Lipinski definition) is 4. The molecule has 120 valence electrons. The summed E-state index contributed by atoms with van der Waals surface area (Å²) in [5, 5.41) is 3.04. The Bertz CT molecular complexity index is 554. The molecule has 1 heterocycles. The Morgan fingerprint density at radius 2 is 1.95 bits per heavy atom. The lowest BCUT2D eigenvalue weighted by atomic mass is 9.84. The van der Waals surface area contributed by atoms with E-state index in [4.69, 9.17) is 15.9 Å². The first-order valence-electron chi connectivity index (χ1n) is 7.87. The molecule has 1 aliphatic carbocycles. The van der Waals surface area contributed by atoms with Gasteiger partial charge in [-0.2, -0.15) is 0 Å². The summed E-state index contributed by atoms with van der Waals surface area (Å²) in [5.41, 5.74) is 11.5. The van der Waals surface area contributed by atoms with Gasteiger partial charge in [-0.15, -0.1) is 0 Å². The van der Waals surface area contributed by atoms with Gasteiger partial charge in [-0.05, 0) is 50.1 Å². The van der Waals surface area contributed by atoms with Crippen molar-refractivity contribution in [2.45, 2.75) is 45.1 Å². The van der Waals surface area contributed by atoms with Crippen LogP contribution in [0.2, 0.25) is 0 Å². The van der Waals surface area contributed by atoms with Gasteiger partial charge in [0.05, 0.1) is 0 Å². The Kier molecular flexibility index (Phi) is 5.69. The fraction of sp³-hybridized carbons (Fsp3) is 0.471. The number of amides is 1. The smallest absolute Gasteiger partial charge is 0.287 e. The van der Waals surface area contributed by atoms with Crippen molar-refractivity contribution < 1.29 is 9.21 Å². The van der Waals surface area contributed by atoms with Crippen LogP contribution in [0.3, 0.4) is 0 Å². The normalized spacial score (nSPS) is 18.5. The molecule has 5 nitrogen and oxygen atoms in total. The highest BCUT2D eigenvalue weighted by Crippen LogP contribution is 2.26. The Hall–Kier alpha value is -2.17. The standard InChI is InChI=1S/C17H25N3O2/c1-12(13-5-3-2-4-6-13)20-17(21)16-8-7-15(22-16)14(11-19)9-10-18/h7-13H,2-6,18-19H2,1H3,(H,20,21)/b10-9-,14-11?. The number of allylic oxidation sites excluding steroid dienone is 2. The van der Waals surface area contributed by atoms with Gasteiger partial charge in [0, 0.05) is 17.8 Å². The molecule has 1 unspecified atom stereocenters. The predicted octanol–water partition coefficient (Wildman–Crippen LogP) is 2.75. The van der Waals surface area contributed by atoms with Gasteiger partial charge in [-0.1, -0.05) is 19.3 Å². The van der Waals surface area contributed by atoms with Crippen molar-refractivity contribution in [3.63, 3.8) is 0 Å². The van der Waals surface area contributed by atoms with Gasteiger partial charge in [0.15, 0.2) is 5.76 Å². The van der Waals surface area contributed by atoms with Gasteiger partial charge in [0.1, 0.15) is 5.76 Å². The van der Waals surface area contributed by atoms with Crippen molar-refractivity contribution in [2.24, 2.45) is 17.4 Å². The van der Waals surface area contributed by atoms with Crippen LogP contribution in [-0.2, 0) is 0 Å². The van der Waals surface area contributed by atoms with E-state index in [9.17, 15) is 4.79 Å². The lowest BCUT2D eigenvalue weighted by Gasteiger charge is -2.27. The van der Waals surface area contributed by atoms with Gasteiger partial charge in [0.25, 0.3) is 5.91 Å². The van der Waals surface area contributed by atoms with Gasteiger partial charge in [-0.25, -0.2) is 0 Å². The molecule has 0 spiro atoms. The molecule has 1 aromatic heterocycles. The van der Waals surface area contributed by atoms with Gasteiger partial charge < -0.3 is 21.2 Å². The van der Waals surface area contributed by atoms with E-state index in [-0.39, 0.29) is 11.9 Å². The molecule has 1 aliphatic rings. The molecule has 0 aromatic carbocycles. The van der Waals surface area contributed by atoms with Crippen molar-refractivity contribution in [1.82, 2.24) is 5.32 Å². The summed E-state index contributed by atoms with van der Waals surface area (Å²) in [6.45, 7) is 2.07. The van der Waals surface area contributed by atoms with Crippen LogP contribution in [-0.4, -0.2) is 11.9 Å². The van der Waals surface area contributed by atoms with Crippen LogP contribution in [0.4, 0.5) is 0 Å². The maximum Gasteiger partial charge on any atom is 0.287 e. The Labute approximate surface area is 131 Å². The number of nitrogens with two attached hydrogens (primary N) is 2. The SMILES string of the molecule is CC(NC(=O)c1ccc(C(=CN)/C=C\N)o1)C1CCCCC1. The molecule has 1 fully saturated rings. The molecule has 1 saturated carbocycles. The number of nitrogens with one attached hydrogen (secondary N) is 1. The van der Waals surface area contributed by atoms with E-state index in [2.05, 4.69) is 12.2 Å². The average molecular weight is 303 g/mol. The van der Waals surface area contributed by atoms with Gasteiger partial charge in [0.2, 0.25) is 0 Å². The third-order valence-corrected chi connectivity index (χ3v) is 4.29. The van der Waals surface area contributed by atoms with Crippen LogP contribution in [0.15, 0.2) is 35.0 Å². The van der Waals surface area contributed by atoms with Crippen molar-refractivity contribution in [3.8, 4) is 0 Å². The van der Waals surface area contributed by atoms with Crippen LogP contribution < -0.4 is 16.8 Å². The lowest BCUT2D eigenvalue weighted by molar-refractivity contribution is 0.0890. The maximum atomic E-state index is 12.3. The minimum Gasteiger partial charge on any atom is -0.451 e. The number of carbonyl (C=O) groups is 1. The molecule has 0 radical (unpaired) electrons. The van der Waals surface area contributed by atoms with Gasteiger partial charge in [-0.3, -0.25) is 4.79 Å². The summed E-state index contributed by atoms with van der Waals surface area (Å²) in [4.78, 5) is 12.3. The molecular formula is C17H25N3O2. The summed E-state index contributed by atoms with van der Waals surface area (Å²) in [6, 6.07) is 3.54. The molecule has 2 rings (SSSR count). The number of furan rings is 1. The Balaban J connectivity index is 1.99. The van der Waals surface area contributed by atoms with Crippen LogP contribution in [0.1, 0.15) is 55.3 Å². The predicted molar refractivity (Wildman–Crippen MR) is 87.7 cm³/mol. The topological polar surface area (TPSA) is 94.3 Å². The highest BCUT2D eigenvalue weighted by Gasteiger charge is 2.23. The highest BCUT2D eigenvalue weighted by molar-refractivity contribution is 5.92. The second-order valence-electron chi connectivity index (χ2n) is 5.81. The quantitative estimate of drug-likeness (QED) is 0.729. The zero-order chi connectivity index (χ0) is 15.9. The second kappa shape index (κ2) is 7.73.